The number of aromatic amines is 1. The molecule has 1 amide bonds. The lowest BCUT2D eigenvalue weighted by Gasteiger charge is -2.38. The van der Waals surface area contributed by atoms with E-state index in [1.807, 2.05) is 0 Å². The first-order chi connectivity index (χ1) is 13.5. The lowest BCUT2D eigenvalue weighted by molar-refractivity contribution is -0.141. The molecule has 3 rings (SSSR count). The summed E-state index contributed by atoms with van der Waals surface area (Å²) in [4.78, 5) is 33.3. The van der Waals surface area contributed by atoms with Crippen molar-refractivity contribution in [2.75, 3.05) is 18.0 Å². The molecule has 13 heteroatoms. The molecule has 0 spiro atoms. The van der Waals surface area contributed by atoms with Crippen molar-refractivity contribution in [3.05, 3.63) is 34.5 Å². The van der Waals surface area contributed by atoms with E-state index in [-0.39, 0.29) is 5.15 Å². The fourth-order valence-electron chi connectivity index (χ4n) is 3.02. The average molecular weight is 433 g/mol. The topological polar surface area (TPSA) is 127 Å². The minimum Gasteiger partial charge on any atom is -0.443 e. The van der Waals surface area contributed by atoms with Crippen molar-refractivity contribution >= 4 is 29.3 Å². The summed E-state index contributed by atoms with van der Waals surface area (Å²) in [5.41, 5.74) is 1.98. The van der Waals surface area contributed by atoms with Crippen LogP contribution in [0.25, 0.3) is 0 Å². The van der Waals surface area contributed by atoms with Crippen molar-refractivity contribution in [3.8, 4) is 0 Å². The number of nitrogens with one attached hydrogen (secondary N) is 1. The van der Waals surface area contributed by atoms with E-state index < -0.39 is 40.6 Å². The maximum atomic E-state index is 13.0. The highest BCUT2D eigenvalue weighted by atomic mass is 35.5. The Kier molecular flexibility index (Phi) is 5.39. The van der Waals surface area contributed by atoms with E-state index in [0.717, 1.165) is 6.20 Å². The monoisotopic (exact) mass is 432 g/mol. The van der Waals surface area contributed by atoms with Gasteiger partial charge in [-0.1, -0.05) is 11.6 Å². The molecular weight excluding hydrogens is 417 g/mol. The first-order valence-corrected chi connectivity index (χ1v) is 8.79. The van der Waals surface area contributed by atoms with Crippen LogP contribution in [0.1, 0.15) is 41.5 Å². The number of rotatable bonds is 4. The third-order valence-corrected chi connectivity index (χ3v) is 4.86. The zero-order valence-corrected chi connectivity index (χ0v) is 15.8. The van der Waals surface area contributed by atoms with E-state index in [9.17, 15) is 22.8 Å². The number of halogens is 4. The van der Waals surface area contributed by atoms with Crippen LogP contribution in [-0.4, -0.2) is 50.7 Å². The summed E-state index contributed by atoms with van der Waals surface area (Å²) < 4.78 is 44.0. The predicted octanol–water partition coefficient (Wildman–Crippen LogP) is 2.56. The number of ether oxygens (including phenoxy) is 1. The molecule has 29 heavy (non-hydrogen) atoms. The number of hydrogen-bond donors (Lipinski definition) is 2. The number of carbonyl (C=O) groups excluding carboxylic acids is 2. The largest absolute Gasteiger partial charge is 0.443 e. The number of anilines is 1. The summed E-state index contributed by atoms with van der Waals surface area (Å²) in [5, 5.41) is 4.71. The van der Waals surface area contributed by atoms with Gasteiger partial charge in [-0.2, -0.15) is 18.3 Å². The minimum atomic E-state index is -4.78. The Morgan fingerprint density at radius 2 is 1.97 bits per heavy atom. The summed E-state index contributed by atoms with van der Waals surface area (Å²) in [7, 11) is 0. The van der Waals surface area contributed by atoms with Crippen molar-refractivity contribution in [1.29, 1.82) is 0 Å². The smallest absolute Gasteiger partial charge is 0.433 e. The molecule has 1 aliphatic rings. The number of nitrogens with two attached hydrogens (primary N) is 1. The van der Waals surface area contributed by atoms with E-state index >= 15 is 0 Å². The first-order valence-electron chi connectivity index (χ1n) is 8.41. The molecule has 1 fully saturated rings. The zero-order chi connectivity index (χ0) is 21.4. The number of amides is 1. The number of hydrogen-bond acceptors (Lipinski definition) is 7. The number of H-pyrrole nitrogens is 1. The number of nitrogens with zero attached hydrogens (tertiary/aromatic N) is 4. The highest BCUT2D eigenvalue weighted by Crippen LogP contribution is 2.32. The Balaban J connectivity index is 1.77. The van der Waals surface area contributed by atoms with E-state index in [1.165, 1.54) is 6.20 Å². The van der Waals surface area contributed by atoms with Gasteiger partial charge in [-0.05, 0) is 6.92 Å². The lowest BCUT2D eigenvalue weighted by atomic mass is 9.93. The van der Waals surface area contributed by atoms with Crippen molar-refractivity contribution < 1.29 is 27.5 Å². The number of ketones is 1. The van der Waals surface area contributed by atoms with Gasteiger partial charge >= 0.3 is 12.3 Å². The normalized spacial score (nSPS) is 16.5. The van der Waals surface area contributed by atoms with Gasteiger partial charge < -0.3 is 15.4 Å². The molecule has 0 bridgehead atoms. The first kappa shape index (κ1) is 20.8. The van der Waals surface area contributed by atoms with Crippen molar-refractivity contribution in [2.45, 2.75) is 31.5 Å². The fourth-order valence-corrected chi connectivity index (χ4v) is 3.24. The van der Waals surface area contributed by atoms with Crippen LogP contribution in [0.3, 0.4) is 0 Å². The molecule has 1 saturated heterocycles. The van der Waals surface area contributed by atoms with Gasteiger partial charge in [-0.3, -0.25) is 9.89 Å². The molecule has 0 saturated carbocycles. The van der Waals surface area contributed by atoms with Crippen LogP contribution < -0.4 is 10.6 Å². The molecule has 156 valence electrons. The molecule has 0 atom stereocenters. The summed E-state index contributed by atoms with van der Waals surface area (Å²) in [6.07, 6.45) is -2.68. The standard InChI is InChI=1S/C16H16ClF3N6O3/c1-15(29-14(21)28)2-4-26(5-3-15)9-7-22-10(13(17)24-9)11(27)8-6-23-25-12(8)16(18,19)20/h6-7H,2-5H2,1H3,(H2,21,28)(H,23,25). The number of primary amides is 1. The summed E-state index contributed by atoms with van der Waals surface area (Å²) >= 11 is 6.03. The molecule has 3 N–H and O–H groups in total. The maximum Gasteiger partial charge on any atom is 0.433 e. The highest BCUT2D eigenvalue weighted by Gasteiger charge is 2.39. The van der Waals surface area contributed by atoms with Crippen LogP contribution in [0.5, 0.6) is 0 Å². The second-order valence-electron chi connectivity index (χ2n) is 6.71. The van der Waals surface area contributed by atoms with Crippen LogP contribution >= 0.6 is 11.6 Å². The Morgan fingerprint density at radius 3 is 2.52 bits per heavy atom. The average Bonchev–Trinajstić information content (AvgIpc) is 3.11. The third-order valence-electron chi connectivity index (χ3n) is 4.59. The van der Waals surface area contributed by atoms with Gasteiger partial charge in [0.1, 0.15) is 17.1 Å². The summed E-state index contributed by atoms with van der Waals surface area (Å²) in [5.74, 6) is -0.702. The number of carbonyl (C=O) groups is 2. The fraction of sp³-hybridized carbons (Fsp3) is 0.438. The Morgan fingerprint density at radius 1 is 1.31 bits per heavy atom. The van der Waals surface area contributed by atoms with Crippen LogP contribution in [0.2, 0.25) is 5.15 Å². The molecule has 9 nitrogen and oxygen atoms in total. The van der Waals surface area contributed by atoms with Gasteiger partial charge in [-0.15, -0.1) is 0 Å². The Labute approximate surface area is 167 Å². The van der Waals surface area contributed by atoms with Gasteiger partial charge in [-0.25, -0.2) is 14.8 Å². The molecule has 0 radical (unpaired) electrons. The minimum absolute atomic E-state index is 0.330. The van der Waals surface area contributed by atoms with Crippen molar-refractivity contribution in [3.63, 3.8) is 0 Å². The summed E-state index contributed by atoms with van der Waals surface area (Å²) in [6.45, 7) is 2.66. The third kappa shape index (κ3) is 4.42. The molecule has 2 aromatic rings. The van der Waals surface area contributed by atoms with Crippen molar-refractivity contribution in [1.82, 2.24) is 20.2 Å². The molecule has 0 aliphatic carbocycles. The van der Waals surface area contributed by atoms with E-state index in [4.69, 9.17) is 22.1 Å². The SMILES string of the molecule is CC1(OC(N)=O)CCN(c2cnc(C(=O)c3cn[nH]c3C(F)(F)F)c(Cl)n2)CC1. The van der Waals surface area contributed by atoms with Crippen molar-refractivity contribution in [2.24, 2.45) is 5.73 Å². The number of piperidine rings is 1. The van der Waals surface area contributed by atoms with Crippen LogP contribution in [-0.2, 0) is 10.9 Å². The molecule has 0 aromatic carbocycles. The zero-order valence-electron chi connectivity index (χ0n) is 15.1. The highest BCUT2D eigenvalue weighted by molar-refractivity contribution is 6.33. The Hall–Kier alpha value is -2.89. The second kappa shape index (κ2) is 7.50. The maximum absolute atomic E-state index is 13.0. The molecule has 3 heterocycles. The molecule has 0 unspecified atom stereocenters. The van der Waals surface area contributed by atoms with E-state index in [0.29, 0.717) is 31.7 Å². The predicted molar refractivity (Wildman–Crippen MR) is 94.6 cm³/mol. The lowest BCUT2D eigenvalue weighted by Crippen LogP contribution is -2.46. The molecule has 1 aliphatic heterocycles. The number of aromatic nitrogens is 4. The van der Waals surface area contributed by atoms with Crippen LogP contribution in [0.15, 0.2) is 12.4 Å². The van der Waals surface area contributed by atoms with Gasteiger partial charge in [0.05, 0.1) is 18.0 Å². The van der Waals surface area contributed by atoms with Gasteiger partial charge in [0, 0.05) is 25.9 Å². The second-order valence-corrected chi connectivity index (χ2v) is 7.07. The van der Waals surface area contributed by atoms with E-state index in [2.05, 4.69) is 15.1 Å². The van der Waals surface area contributed by atoms with Gasteiger partial charge in [0.2, 0.25) is 5.78 Å². The number of alkyl halides is 3. The van der Waals surface area contributed by atoms with Gasteiger partial charge in [0.25, 0.3) is 0 Å². The summed E-state index contributed by atoms with van der Waals surface area (Å²) in [6, 6.07) is 0. The van der Waals surface area contributed by atoms with E-state index in [1.54, 1.807) is 16.9 Å². The van der Waals surface area contributed by atoms with Crippen LogP contribution in [0, 0.1) is 0 Å². The quantitative estimate of drug-likeness (QED) is 0.710. The Bertz CT molecular complexity index is 940. The van der Waals surface area contributed by atoms with Crippen LogP contribution in [0.4, 0.5) is 23.8 Å². The van der Waals surface area contributed by atoms with Gasteiger partial charge in [0.15, 0.2) is 10.8 Å². The molecule has 2 aromatic heterocycles. The molecular formula is C16H16ClF3N6O3.